The minimum absolute atomic E-state index is 0.136. The van der Waals surface area contributed by atoms with Crippen molar-refractivity contribution in [1.82, 2.24) is 4.90 Å². The van der Waals surface area contributed by atoms with Gasteiger partial charge in [0.25, 0.3) is 0 Å². The van der Waals surface area contributed by atoms with Crippen LogP contribution in [0.15, 0.2) is 29.3 Å². The lowest BCUT2D eigenvalue weighted by Gasteiger charge is -2.27. The van der Waals surface area contributed by atoms with Gasteiger partial charge in [-0.15, -0.1) is 0 Å². The van der Waals surface area contributed by atoms with Crippen molar-refractivity contribution in [3.05, 3.63) is 29.8 Å². The fourth-order valence-corrected chi connectivity index (χ4v) is 1.57. The molecule has 2 atom stereocenters. The Kier molecular flexibility index (Phi) is 5.00. The number of likely N-dealkylation sites (N-methyl/N-ethyl adjacent to an activating group) is 1. The van der Waals surface area contributed by atoms with Crippen LogP contribution in [0.25, 0.3) is 0 Å². The van der Waals surface area contributed by atoms with Gasteiger partial charge in [0.15, 0.2) is 0 Å². The van der Waals surface area contributed by atoms with E-state index in [4.69, 9.17) is 0 Å². The summed E-state index contributed by atoms with van der Waals surface area (Å²) >= 11 is 0. The van der Waals surface area contributed by atoms with Crippen molar-refractivity contribution in [2.45, 2.75) is 12.1 Å². The highest BCUT2D eigenvalue weighted by molar-refractivity contribution is 5.49. The van der Waals surface area contributed by atoms with Gasteiger partial charge in [-0.25, -0.2) is 4.79 Å². The summed E-state index contributed by atoms with van der Waals surface area (Å²) in [4.78, 5) is 15.3. The summed E-state index contributed by atoms with van der Waals surface area (Å²) in [7, 11) is 3.57. The molecule has 92 valence electrons. The molecule has 5 heteroatoms. The highest BCUT2D eigenvalue weighted by atomic mass is 16.3. The first-order valence-corrected chi connectivity index (χ1v) is 5.23. The Labute approximate surface area is 100 Å². The average Bonchev–Trinajstić information content (AvgIpc) is 2.30. The van der Waals surface area contributed by atoms with Crippen LogP contribution in [0.2, 0.25) is 0 Å². The normalized spacial score (nSPS) is 14.2. The van der Waals surface area contributed by atoms with Crippen molar-refractivity contribution >= 4 is 11.8 Å². The zero-order chi connectivity index (χ0) is 12.8. The highest BCUT2D eigenvalue weighted by Gasteiger charge is 2.21. The summed E-state index contributed by atoms with van der Waals surface area (Å²) in [6.07, 6.45) is 0.661. The molecule has 0 fully saturated rings. The van der Waals surface area contributed by atoms with Crippen LogP contribution in [0.3, 0.4) is 0 Å². The van der Waals surface area contributed by atoms with Crippen LogP contribution in [0.1, 0.15) is 11.7 Å². The maximum atomic E-state index is 10.1. The summed E-state index contributed by atoms with van der Waals surface area (Å²) in [5.41, 5.74) is 1.16. The van der Waals surface area contributed by atoms with Gasteiger partial charge in [-0.2, -0.15) is 4.99 Å². The van der Waals surface area contributed by atoms with E-state index < -0.39 is 6.10 Å². The van der Waals surface area contributed by atoms with Crippen LogP contribution in [-0.4, -0.2) is 47.9 Å². The Bertz CT molecular complexity index is 397. The number of hydrogen-bond acceptors (Lipinski definition) is 5. The van der Waals surface area contributed by atoms with Gasteiger partial charge < -0.3 is 15.1 Å². The second-order valence-corrected chi connectivity index (χ2v) is 3.95. The Morgan fingerprint density at radius 3 is 2.35 bits per heavy atom. The zero-order valence-electron chi connectivity index (χ0n) is 9.87. The first-order valence-electron chi connectivity index (χ1n) is 5.23. The van der Waals surface area contributed by atoms with Crippen LogP contribution in [0.5, 0.6) is 0 Å². The molecule has 1 rings (SSSR count). The van der Waals surface area contributed by atoms with E-state index in [1.807, 2.05) is 0 Å². The van der Waals surface area contributed by atoms with Gasteiger partial charge in [0, 0.05) is 0 Å². The first kappa shape index (κ1) is 13.5. The van der Waals surface area contributed by atoms with E-state index in [9.17, 15) is 15.0 Å². The summed E-state index contributed by atoms with van der Waals surface area (Å²) < 4.78 is 0. The second kappa shape index (κ2) is 6.27. The second-order valence-electron chi connectivity index (χ2n) is 3.95. The van der Waals surface area contributed by atoms with Gasteiger partial charge >= 0.3 is 0 Å². The van der Waals surface area contributed by atoms with Crippen LogP contribution < -0.4 is 0 Å². The number of benzene rings is 1. The fraction of sp³-hybridized carbons (Fsp3) is 0.417. The number of aliphatic hydroxyl groups excluding tert-OH is 2. The lowest BCUT2D eigenvalue weighted by molar-refractivity contribution is 0.0390. The monoisotopic (exact) mass is 236 g/mol. The van der Waals surface area contributed by atoms with E-state index >= 15 is 0 Å². The number of aliphatic hydroxyl groups is 2. The molecule has 0 amide bonds. The predicted octanol–water partition coefficient (Wildman–Crippen LogP) is 0.610. The third kappa shape index (κ3) is 3.47. The van der Waals surface area contributed by atoms with Crippen molar-refractivity contribution < 1.29 is 15.0 Å². The quantitative estimate of drug-likeness (QED) is 0.580. The largest absolute Gasteiger partial charge is 0.395 e. The minimum Gasteiger partial charge on any atom is -0.395 e. The molecule has 0 bridgehead atoms. The van der Waals surface area contributed by atoms with E-state index in [0.29, 0.717) is 11.3 Å². The molecule has 0 aliphatic heterocycles. The minimum atomic E-state index is -0.788. The Morgan fingerprint density at radius 2 is 1.94 bits per heavy atom. The smallest absolute Gasteiger partial charge is 0.240 e. The molecular formula is C12H16N2O3. The Balaban J connectivity index is 2.88. The summed E-state index contributed by atoms with van der Waals surface area (Å²) in [6.45, 7) is -0.136. The summed E-state index contributed by atoms with van der Waals surface area (Å²) in [6, 6.07) is 6.22. The molecule has 0 aliphatic carbocycles. The van der Waals surface area contributed by atoms with Crippen molar-refractivity contribution in [1.29, 1.82) is 0 Å². The van der Waals surface area contributed by atoms with E-state index in [1.54, 1.807) is 43.3 Å². The number of rotatable bonds is 5. The molecule has 0 aliphatic rings. The van der Waals surface area contributed by atoms with Crippen LogP contribution in [-0.2, 0) is 4.79 Å². The number of nitrogens with zero attached hydrogens (tertiary/aromatic N) is 2. The fourth-order valence-electron chi connectivity index (χ4n) is 1.57. The molecule has 0 aromatic heterocycles. The summed E-state index contributed by atoms with van der Waals surface area (Å²) in [5, 5.41) is 19.3. The van der Waals surface area contributed by atoms with E-state index in [2.05, 4.69) is 4.99 Å². The number of aliphatic imine (C=N–C) groups is 1. The maximum Gasteiger partial charge on any atom is 0.240 e. The third-order valence-electron chi connectivity index (χ3n) is 2.62. The van der Waals surface area contributed by atoms with E-state index in [0.717, 1.165) is 0 Å². The Morgan fingerprint density at radius 1 is 1.35 bits per heavy atom. The van der Waals surface area contributed by atoms with Gasteiger partial charge in [-0.1, -0.05) is 12.1 Å². The molecule has 0 saturated carbocycles. The SMILES string of the molecule is CN(C)C(CO)C(O)c1ccc(N=C=O)cc1. The standard InChI is InChI=1S/C12H16N2O3/c1-14(2)11(7-15)12(17)9-3-5-10(6-4-9)13-8-16/h3-6,11-12,15,17H,7H2,1-2H3. The number of hydrogen-bond donors (Lipinski definition) is 2. The van der Waals surface area contributed by atoms with E-state index in [1.165, 1.54) is 6.08 Å². The molecule has 0 radical (unpaired) electrons. The first-order chi connectivity index (χ1) is 8.10. The van der Waals surface area contributed by atoms with Crippen molar-refractivity contribution in [3.8, 4) is 0 Å². The van der Waals surface area contributed by atoms with Crippen molar-refractivity contribution in [3.63, 3.8) is 0 Å². The molecule has 17 heavy (non-hydrogen) atoms. The average molecular weight is 236 g/mol. The highest BCUT2D eigenvalue weighted by Crippen LogP contribution is 2.22. The lowest BCUT2D eigenvalue weighted by atomic mass is 10.0. The topological polar surface area (TPSA) is 73.1 Å². The van der Waals surface area contributed by atoms with Gasteiger partial charge in [0.05, 0.1) is 24.4 Å². The molecule has 2 N–H and O–H groups in total. The van der Waals surface area contributed by atoms with Crippen molar-refractivity contribution in [2.24, 2.45) is 4.99 Å². The molecule has 1 aromatic carbocycles. The van der Waals surface area contributed by atoms with Crippen LogP contribution in [0, 0.1) is 0 Å². The zero-order valence-corrected chi connectivity index (χ0v) is 9.87. The maximum absolute atomic E-state index is 10.1. The van der Waals surface area contributed by atoms with Gasteiger partial charge in [0.1, 0.15) is 0 Å². The Hall–Kier alpha value is -1.52. The number of isocyanates is 1. The summed E-state index contributed by atoms with van der Waals surface area (Å²) in [5.74, 6) is 0. The third-order valence-corrected chi connectivity index (χ3v) is 2.62. The lowest BCUT2D eigenvalue weighted by Crippen LogP contribution is -2.37. The van der Waals surface area contributed by atoms with Crippen LogP contribution in [0.4, 0.5) is 5.69 Å². The number of carbonyl (C=O) groups excluding carboxylic acids is 1. The van der Waals surface area contributed by atoms with Crippen molar-refractivity contribution in [2.75, 3.05) is 20.7 Å². The molecule has 5 nitrogen and oxygen atoms in total. The molecular weight excluding hydrogens is 220 g/mol. The molecule has 0 heterocycles. The van der Waals surface area contributed by atoms with Gasteiger partial charge in [0.2, 0.25) is 6.08 Å². The molecule has 1 aromatic rings. The van der Waals surface area contributed by atoms with Gasteiger partial charge in [-0.3, -0.25) is 0 Å². The van der Waals surface area contributed by atoms with E-state index in [-0.39, 0.29) is 12.6 Å². The molecule has 2 unspecified atom stereocenters. The molecule has 0 saturated heterocycles. The van der Waals surface area contributed by atoms with Crippen LogP contribution >= 0.6 is 0 Å². The van der Waals surface area contributed by atoms with Gasteiger partial charge in [-0.05, 0) is 31.8 Å². The predicted molar refractivity (Wildman–Crippen MR) is 63.7 cm³/mol. The molecule has 0 spiro atoms.